The number of nitrogen functional groups attached to an aromatic ring is 1. The molecular formula is C13H18F3NOSi. The Morgan fingerprint density at radius 2 is 1.74 bits per heavy atom. The van der Waals surface area contributed by atoms with Gasteiger partial charge < -0.3 is 10.2 Å². The van der Waals surface area contributed by atoms with Gasteiger partial charge in [-0.15, -0.1) is 0 Å². The van der Waals surface area contributed by atoms with Crippen molar-refractivity contribution >= 4 is 14.0 Å². The number of halogens is 3. The molecule has 0 saturated carbocycles. The first-order valence-electron chi connectivity index (χ1n) is 5.87. The molecule has 0 aliphatic heterocycles. The summed E-state index contributed by atoms with van der Waals surface area (Å²) in [7, 11) is -2.08. The highest BCUT2D eigenvalue weighted by molar-refractivity contribution is 6.70. The predicted octanol–water partition coefficient (Wildman–Crippen LogP) is 4.11. The van der Waals surface area contributed by atoms with Crippen molar-refractivity contribution in [1.29, 1.82) is 0 Å². The van der Waals surface area contributed by atoms with Crippen molar-refractivity contribution in [3.05, 3.63) is 41.7 Å². The van der Waals surface area contributed by atoms with Crippen molar-refractivity contribution in [2.45, 2.75) is 32.2 Å². The minimum atomic E-state index is -4.37. The van der Waals surface area contributed by atoms with E-state index >= 15 is 0 Å². The van der Waals surface area contributed by atoms with E-state index in [9.17, 15) is 13.2 Å². The lowest BCUT2D eigenvalue weighted by Gasteiger charge is -2.22. The van der Waals surface area contributed by atoms with E-state index in [4.69, 9.17) is 10.2 Å². The molecule has 2 N–H and O–H groups in total. The van der Waals surface area contributed by atoms with Crippen LogP contribution in [-0.2, 0) is 10.8 Å². The molecular weight excluding hydrogens is 271 g/mol. The summed E-state index contributed by atoms with van der Waals surface area (Å²) < 4.78 is 43.0. The van der Waals surface area contributed by atoms with E-state index in [1.54, 1.807) is 24.3 Å². The zero-order valence-corrected chi connectivity index (χ0v) is 12.2. The fraction of sp³-hybridized carbons (Fsp3) is 0.385. The summed E-state index contributed by atoms with van der Waals surface area (Å²) in [5, 5.41) is 0. The van der Waals surface area contributed by atoms with Crippen LogP contribution >= 0.6 is 0 Å². The van der Waals surface area contributed by atoms with Crippen molar-refractivity contribution in [2.24, 2.45) is 0 Å². The Kier molecular flexibility index (Phi) is 4.68. The van der Waals surface area contributed by atoms with Crippen LogP contribution in [0.15, 0.2) is 36.1 Å². The number of alkyl halides is 3. The van der Waals surface area contributed by atoms with Gasteiger partial charge in [0.2, 0.25) is 8.32 Å². The molecule has 1 aromatic carbocycles. The second-order valence-electron chi connectivity index (χ2n) is 5.29. The maximum absolute atomic E-state index is 12.5. The number of anilines is 1. The maximum atomic E-state index is 12.5. The van der Waals surface area contributed by atoms with E-state index in [-0.39, 0.29) is 18.3 Å². The Bertz CT molecular complexity index is 446. The summed E-state index contributed by atoms with van der Waals surface area (Å²) in [6, 6.07) is 6.73. The third-order valence-corrected chi connectivity index (χ3v) is 2.99. The molecule has 0 aromatic heterocycles. The molecule has 0 amide bonds. The molecule has 0 saturated heterocycles. The lowest BCUT2D eigenvalue weighted by Crippen LogP contribution is -2.26. The first-order valence-corrected chi connectivity index (χ1v) is 9.28. The molecule has 0 radical (unpaired) electrons. The van der Waals surface area contributed by atoms with Crippen LogP contribution in [0.2, 0.25) is 19.6 Å². The van der Waals surface area contributed by atoms with Gasteiger partial charge in [-0.1, -0.05) is 12.1 Å². The molecule has 0 heterocycles. The molecule has 0 atom stereocenters. The zero-order chi connectivity index (χ0) is 14.7. The number of benzene rings is 1. The summed E-state index contributed by atoms with van der Waals surface area (Å²) in [4.78, 5) is 0. The molecule has 6 heteroatoms. The first kappa shape index (κ1) is 15.6. The van der Waals surface area contributed by atoms with Crippen LogP contribution in [0, 0.1) is 0 Å². The highest BCUT2D eigenvalue weighted by atomic mass is 28.4. The van der Waals surface area contributed by atoms with Gasteiger partial charge >= 0.3 is 6.18 Å². The predicted molar refractivity (Wildman–Crippen MR) is 73.1 cm³/mol. The van der Waals surface area contributed by atoms with E-state index in [1.165, 1.54) is 0 Å². The lowest BCUT2D eigenvalue weighted by atomic mass is 10.1. The van der Waals surface area contributed by atoms with Crippen molar-refractivity contribution in [3.8, 4) is 0 Å². The molecule has 0 fully saturated rings. The van der Waals surface area contributed by atoms with E-state index in [0.717, 1.165) is 5.56 Å². The van der Waals surface area contributed by atoms with Gasteiger partial charge in [0.25, 0.3) is 0 Å². The third kappa shape index (κ3) is 6.90. The van der Waals surface area contributed by atoms with Crippen molar-refractivity contribution in [1.82, 2.24) is 0 Å². The van der Waals surface area contributed by atoms with Gasteiger partial charge in [0, 0.05) is 12.1 Å². The highest BCUT2D eigenvalue weighted by Crippen LogP contribution is 2.24. The van der Waals surface area contributed by atoms with Gasteiger partial charge in [-0.25, -0.2) is 0 Å². The summed E-state index contributed by atoms with van der Waals surface area (Å²) in [6.45, 7) is 5.54. The number of hydrogen-bond donors (Lipinski definition) is 1. The molecule has 0 unspecified atom stereocenters. The second-order valence-corrected chi connectivity index (χ2v) is 9.71. The van der Waals surface area contributed by atoms with E-state index < -0.39 is 14.5 Å². The number of rotatable bonds is 4. The maximum Gasteiger partial charge on any atom is 0.412 e. The van der Waals surface area contributed by atoms with Crippen molar-refractivity contribution in [3.63, 3.8) is 0 Å². The SMILES string of the molecule is C[Si](C)(C)OC(=CC(F)(F)F)Cc1ccc(N)cc1. The summed E-state index contributed by atoms with van der Waals surface area (Å²) >= 11 is 0. The summed E-state index contributed by atoms with van der Waals surface area (Å²) in [6.07, 6.45) is -4.02. The van der Waals surface area contributed by atoms with Crippen molar-refractivity contribution in [2.75, 3.05) is 5.73 Å². The molecule has 0 spiro atoms. The Morgan fingerprint density at radius 3 is 2.16 bits per heavy atom. The van der Waals surface area contributed by atoms with Crippen LogP contribution in [0.25, 0.3) is 0 Å². The van der Waals surface area contributed by atoms with Crippen LogP contribution in [0.1, 0.15) is 5.56 Å². The average molecular weight is 289 g/mol. The van der Waals surface area contributed by atoms with Gasteiger partial charge in [0.15, 0.2) is 0 Å². The molecule has 0 aliphatic carbocycles. The fourth-order valence-corrected chi connectivity index (χ4v) is 2.45. The van der Waals surface area contributed by atoms with Gasteiger partial charge in [-0.05, 0) is 37.3 Å². The van der Waals surface area contributed by atoms with Gasteiger partial charge in [-0.3, -0.25) is 0 Å². The topological polar surface area (TPSA) is 35.2 Å². The summed E-state index contributed by atoms with van der Waals surface area (Å²) in [5.74, 6) is -0.0450. The second kappa shape index (κ2) is 5.69. The molecule has 0 aliphatic rings. The largest absolute Gasteiger partial charge is 0.547 e. The van der Waals surface area contributed by atoms with Crippen LogP contribution in [0.3, 0.4) is 0 Å². The lowest BCUT2D eigenvalue weighted by molar-refractivity contribution is -0.0820. The number of hydrogen-bond acceptors (Lipinski definition) is 2. The molecule has 0 bridgehead atoms. The standard InChI is InChI=1S/C13H18F3NOSi/c1-19(2,3)18-12(9-13(14,15)16)8-10-4-6-11(17)7-5-10/h4-7,9H,8,17H2,1-3H3. The van der Waals surface area contributed by atoms with Crippen LogP contribution in [-0.4, -0.2) is 14.5 Å². The Morgan fingerprint density at radius 1 is 1.21 bits per heavy atom. The Labute approximate surface area is 112 Å². The van der Waals surface area contributed by atoms with Gasteiger partial charge in [0.05, 0.1) is 11.8 Å². The third-order valence-electron chi connectivity index (χ3n) is 2.12. The molecule has 2 nitrogen and oxygen atoms in total. The normalized spacial score (nSPS) is 13.5. The zero-order valence-electron chi connectivity index (χ0n) is 11.2. The quantitative estimate of drug-likeness (QED) is 0.514. The Hall–Kier alpha value is -1.43. The minimum absolute atomic E-state index is 0.0450. The summed E-state index contributed by atoms with van der Waals surface area (Å²) in [5.41, 5.74) is 6.86. The van der Waals surface area contributed by atoms with Gasteiger partial charge in [0.1, 0.15) is 0 Å². The fourth-order valence-electron chi connectivity index (χ4n) is 1.53. The van der Waals surface area contributed by atoms with Crippen molar-refractivity contribution < 1.29 is 17.6 Å². The minimum Gasteiger partial charge on any atom is -0.547 e. The van der Waals surface area contributed by atoms with Crippen LogP contribution in [0.4, 0.5) is 18.9 Å². The van der Waals surface area contributed by atoms with E-state index in [2.05, 4.69) is 0 Å². The van der Waals surface area contributed by atoms with E-state index in [1.807, 2.05) is 19.6 Å². The monoisotopic (exact) mass is 289 g/mol. The molecule has 1 rings (SSSR count). The number of nitrogens with two attached hydrogens (primary N) is 1. The molecule has 19 heavy (non-hydrogen) atoms. The first-order chi connectivity index (χ1) is 8.55. The molecule has 1 aromatic rings. The molecule has 106 valence electrons. The van der Waals surface area contributed by atoms with Gasteiger partial charge in [-0.2, -0.15) is 13.2 Å². The van der Waals surface area contributed by atoms with Crippen LogP contribution in [0.5, 0.6) is 0 Å². The highest BCUT2D eigenvalue weighted by Gasteiger charge is 2.27. The number of allylic oxidation sites excluding steroid dienone is 2. The van der Waals surface area contributed by atoms with E-state index in [0.29, 0.717) is 5.69 Å². The Balaban J connectivity index is 2.92. The smallest absolute Gasteiger partial charge is 0.412 e. The average Bonchev–Trinajstić information content (AvgIpc) is 2.16. The van der Waals surface area contributed by atoms with Crippen LogP contribution < -0.4 is 5.73 Å².